The minimum Gasteiger partial charge on any atom is -0.454 e. The van der Waals surface area contributed by atoms with E-state index in [9.17, 15) is 9.59 Å². The van der Waals surface area contributed by atoms with Gasteiger partial charge in [-0.2, -0.15) is 0 Å². The lowest BCUT2D eigenvalue weighted by molar-refractivity contribution is 0.0474. The highest BCUT2D eigenvalue weighted by Gasteiger charge is 2.13. The molecule has 0 bridgehead atoms. The molecule has 3 rings (SSSR count). The van der Waals surface area contributed by atoms with Gasteiger partial charge >= 0.3 is 5.97 Å². The van der Waals surface area contributed by atoms with E-state index in [0.29, 0.717) is 22.3 Å². The molecular weight excluding hydrogens is 270 g/mol. The van der Waals surface area contributed by atoms with Crippen molar-refractivity contribution >= 4 is 22.8 Å². The number of carbonyl (C=O) groups excluding carboxylic acids is 2. The van der Waals surface area contributed by atoms with Crippen LogP contribution in [0.3, 0.4) is 0 Å². The Balaban J connectivity index is 1.70. The Labute approximate surface area is 119 Å². The van der Waals surface area contributed by atoms with Gasteiger partial charge in [-0.3, -0.25) is 14.8 Å². The largest absolute Gasteiger partial charge is 0.454 e. The Morgan fingerprint density at radius 1 is 1.10 bits per heavy atom. The summed E-state index contributed by atoms with van der Waals surface area (Å²) in [5, 5.41) is 0. The SMILES string of the molecule is O=C(OCC(=O)c1ccc[nH]1)c1ccc2nccnc2c1. The number of Topliss-reactive ketones (excluding diaryl/α,β-unsaturated/α-hetero) is 1. The van der Waals surface area contributed by atoms with Crippen LogP contribution < -0.4 is 0 Å². The fourth-order valence-electron chi connectivity index (χ4n) is 1.89. The zero-order chi connectivity index (χ0) is 14.7. The summed E-state index contributed by atoms with van der Waals surface area (Å²) in [5.74, 6) is -0.851. The molecule has 1 N–H and O–H groups in total. The quantitative estimate of drug-likeness (QED) is 0.584. The number of ether oxygens (including phenoxy) is 1. The van der Waals surface area contributed by atoms with Crippen LogP contribution in [0.1, 0.15) is 20.8 Å². The summed E-state index contributed by atoms with van der Waals surface area (Å²) in [6.45, 7) is -0.308. The van der Waals surface area contributed by atoms with Crippen LogP contribution in [-0.2, 0) is 4.74 Å². The number of H-pyrrole nitrogens is 1. The van der Waals surface area contributed by atoms with Crippen molar-refractivity contribution in [2.24, 2.45) is 0 Å². The number of aromatic nitrogens is 3. The van der Waals surface area contributed by atoms with Crippen molar-refractivity contribution in [3.05, 3.63) is 60.2 Å². The lowest BCUT2D eigenvalue weighted by Crippen LogP contribution is -2.14. The molecule has 0 aliphatic rings. The van der Waals surface area contributed by atoms with Gasteiger partial charge in [0.2, 0.25) is 5.78 Å². The number of aromatic amines is 1. The molecular formula is C15H11N3O3. The van der Waals surface area contributed by atoms with Crippen LogP contribution in [0.25, 0.3) is 11.0 Å². The van der Waals surface area contributed by atoms with E-state index < -0.39 is 5.97 Å². The first-order valence-corrected chi connectivity index (χ1v) is 6.28. The topological polar surface area (TPSA) is 84.9 Å². The van der Waals surface area contributed by atoms with E-state index in [1.807, 2.05) is 0 Å². The number of nitrogens with zero attached hydrogens (tertiary/aromatic N) is 2. The van der Waals surface area contributed by atoms with Crippen LogP contribution in [-0.4, -0.2) is 33.3 Å². The van der Waals surface area contributed by atoms with Gasteiger partial charge in [-0.25, -0.2) is 4.79 Å². The van der Waals surface area contributed by atoms with Crippen LogP contribution in [0.5, 0.6) is 0 Å². The number of hydrogen-bond acceptors (Lipinski definition) is 5. The summed E-state index contributed by atoms with van der Waals surface area (Å²) < 4.78 is 5.01. The van der Waals surface area contributed by atoms with Crippen LogP contribution >= 0.6 is 0 Å². The Morgan fingerprint density at radius 3 is 2.67 bits per heavy atom. The molecule has 0 atom stereocenters. The van der Waals surface area contributed by atoms with Crippen LogP contribution in [0.4, 0.5) is 0 Å². The first-order valence-electron chi connectivity index (χ1n) is 6.28. The maximum atomic E-state index is 11.9. The average Bonchev–Trinajstić information content (AvgIpc) is 3.06. The molecule has 2 aromatic heterocycles. The molecule has 0 radical (unpaired) electrons. The van der Waals surface area contributed by atoms with Gasteiger partial charge in [0, 0.05) is 18.6 Å². The lowest BCUT2D eigenvalue weighted by atomic mass is 10.2. The maximum absolute atomic E-state index is 11.9. The van der Waals surface area contributed by atoms with Crippen LogP contribution in [0.15, 0.2) is 48.9 Å². The van der Waals surface area contributed by atoms with Gasteiger partial charge in [0.15, 0.2) is 6.61 Å². The van der Waals surface area contributed by atoms with Gasteiger partial charge in [0.1, 0.15) is 0 Å². The molecule has 6 nitrogen and oxygen atoms in total. The second-order valence-electron chi connectivity index (χ2n) is 4.34. The highest BCUT2D eigenvalue weighted by Crippen LogP contribution is 2.12. The van der Waals surface area contributed by atoms with E-state index >= 15 is 0 Å². The van der Waals surface area contributed by atoms with Gasteiger partial charge in [-0.15, -0.1) is 0 Å². The van der Waals surface area contributed by atoms with Crippen molar-refractivity contribution in [3.63, 3.8) is 0 Å². The molecule has 0 aliphatic heterocycles. The molecule has 0 spiro atoms. The standard InChI is InChI=1S/C15H11N3O3/c19-14(12-2-1-5-16-12)9-21-15(20)10-3-4-11-13(8-10)18-7-6-17-11/h1-8,16H,9H2. The van der Waals surface area contributed by atoms with Gasteiger partial charge < -0.3 is 9.72 Å². The maximum Gasteiger partial charge on any atom is 0.338 e. The Morgan fingerprint density at radius 2 is 1.90 bits per heavy atom. The lowest BCUT2D eigenvalue weighted by Gasteiger charge is -2.04. The molecule has 0 fully saturated rings. The number of carbonyl (C=O) groups is 2. The third-order valence-electron chi connectivity index (χ3n) is 2.94. The number of nitrogens with one attached hydrogen (secondary N) is 1. The van der Waals surface area contributed by atoms with E-state index in [1.165, 1.54) is 0 Å². The van der Waals surface area contributed by atoms with E-state index in [-0.39, 0.29) is 12.4 Å². The highest BCUT2D eigenvalue weighted by atomic mass is 16.5. The number of ketones is 1. The monoisotopic (exact) mass is 281 g/mol. The molecule has 3 aromatic rings. The Hall–Kier alpha value is -3.02. The van der Waals surface area contributed by atoms with Crippen molar-refractivity contribution in [3.8, 4) is 0 Å². The van der Waals surface area contributed by atoms with E-state index in [1.54, 1.807) is 48.9 Å². The predicted molar refractivity (Wildman–Crippen MR) is 74.9 cm³/mol. The van der Waals surface area contributed by atoms with Gasteiger partial charge in [-0.1, -0.05) is 0 Å². The van der Waals surface area contributed by atoms with E-state index in [4.69, 9.17) is 4.74 Å². The normalized spacial score (nSPS) is 10.5. The van der Waals surface area contributed by atoms with E-state index in [2.05, 4.69) is 15.0 Å². The molecule has 6 heteroatoms. The van der Waals surface area contributed by atoms with Gasteiger partial charge in [0.25, 0.3) is 0 Å². The predicted octanol–water partition coefficient (Wildman–Crippen LogP) is 2.00. The number of esters is 1. The average molecular weight is 281 g/mol. The first kappa shape index (κ1) is 13.0. The third-order valence-corrected chi connectivity index (χ3v) is 2.94. The van der Waals surface area contributed by atoms with Crippen molar-refractivity contribution in [1.82, 2.24) is 15.0 Å². The minimum atomic E-state index is -0.567. The zero-order valence-electron chi connectivity index (χ0n) is 10.9. The van der Waals surface area contributed by atoms with E-state index in [0.717, 1.165) is 0 Å². The van der Waals surface area contributed by atoms with Crippen molar-refractivity contribution in [2.75, 3.05) is 6.61 Å². The van der Waals surface area contributed by atoms with Gasteiger partial charge in [-0.05, 0) is 30.3 Å². The summed E-state index contributed by atoms with van der Waals surface area (Å²) >= 11 is 0. The van der Waals surface area contributed by atoms with Crippen LogP contribution in [0.2, 0.25) is 0 Å². The fourth-order valence-corrected chi connectivity index (χ4v) is 1.89. The second kappa shape index (κ2) is 5.54. The summed E-state index contributed by atoms with van der Waals surface area (Å²) in [6.07, 6.45) is 4.76. The highest BCUT2D eigenvalue weighted by molar-refractivity contribution is 5.98. The van der Waals surface area contributed by atoms with Gasteiger partial charge in [0.05, 0.1) is 22.3 Å². The Kier molecular flexibility index (Phi) is 3.42. The molecule has 21 heavy (non-hydrogen) atoms. The molecule has 0 aliphatic carbocycles. The molecule has 2 heterocycles. The van der Waals surface area contributed by atoms with Crippen molar-refractivity contribution in [2.45, 2.75) is 0 Å². The smallest absolute Gasteiger partial charge is 0.338 e. The summed E-state index contributed by atoms with van der Waals surface area (Å²) in [4.78, 5) is 34.7. The fraction of sp³-hybridized carbons (Fsp3) is 0.0667. The van der Waals surface area contributed by atoms with Crippen LogP contribution in [0, 0.1) is 0 Å². The summed E-state index contributed by atoms with van der Waals surface area (Å²) in [7, 11) is 0. The number of hydrogen-bond donors (Lipinski definition) is 1. The molecule has 0 amide bonds. The molecule has 1 aromatic carbocycles. The molecule has 0 unspecified atom stereocenters. The molecule has 0 saturated heterocycles. The molecule has 0 saturated carbocycles. The zero-order valence-corrected chi connectivity index (χ0v) is 10.9. The minimum absolute atomic E-state index is 0.283. The number of benzene rings is 1. The van der Waals surface area contributed by atoms with Crippen molar-refractivity contribution < 1.29 is 14.3 Å². The third kappa shape index (κ3) is 2.79. The number of fused-ring (bicyclic) bond motifs is 1. The number of rotatable bonds is 4. The molecule has 104 valence electrons. The first-order chi connectivity index (χ1) is 10.2. The summed E-state index contributed by atoms with van der Waals surface area (Å²) in [6, 6.07) is 8.20. The Bertz CT molecular complexity index is 797. The van der Waals surface area contributed by atoms with Crippen molar-refractivity contribution in [1.29, 1.82) is 0 Å². The summed E-state index contributed by atoms with van der Waals surface area (Å²) in [5.41, 5.74) is 2.04. The second-order valence-corrected chi connectivity index (χ2v) is 4.34.